The van der Waals surface area contributed by atoms with E-state index in [1.165, 1.54) is 24.3 Å². The van der Waals surface area contributed by atoms with E-state index in [0.717, 1.165) is 37.3 Å². The summed E-state index contributed by atoms with van der Waals surface area (Å²) in [4.78, 5) is 25.2. The Hall–Kier alpha value is -2.97. The molecule has 1 N–H and O–H groups in total. The molecule has 1 unspecified atom stereocenters. The summed E-state index contributed by atoms with van der Waals surface area (Å²) in [5.41, 5.74) is 1.37. The van der Waals surface area contributed by atoms with Gasteiger partial charge in [0.1, 0.15) is 5.58 Å². The quantitative estimate of drug-likeness (QED) is 0.620. The number of nitrogens with one attached hydrogen (secondary N) is 1. The van der Waals surface area contributed by atoms with Crippen molar-refractivity contribution < 1.29 is 17.6 Å². The van der Waals surface area contributed by atoms with Crippen LogP contribution in [0.25, 0.3) is 11.0 Å². The Bertz CT molecular complexity index is 1310. The second kappa shape index (κ2) is 8.88. The van der Waals surface area contributed by atoms with Gasteiger partial charge in [-0.3, -0.25) is 9.59 Å². The van der Waals surface area contributed by atoms with Gasteiger partial charge in [0, 0.05) is 24.3 Å². The zero-order valence-electron chi connectivity index (χ0n) is 18.1. The number of hydrogen-bond donors (Lipinski definition) is 1. The lowest BCUT2D eigenvalue weighted by molar-refractivity contribution is 0.0997. The first-order valence-corrected chi connectivity index (χ1v) is 12.2. The number of fused-ring (bicyclic) bond motifs is 1. The molecule has 0 saturated carbocycles. The number of piperidine rings is 1. The highest BCUT2D eigenvalue weighted by Crippen LogP contribution is 2.27. The van der Waals surface area contributed by atoms with Crippen molar-refractivity contribution in [3.8, 4) is 0 Å². The molecule has 1 saturated heterocycles. The number of carbonyl (C=O) groups excluding carboxylic acids is 1. The van der Waals surface area contributed by atoms with Crippen LogP contribution in [0.2, 0.25) is 0 Å². The van der Waals surface area contributed by atoms with Crippen LogP contribution in [-0.4, -0.2) is 31.2 Å². The first-order chi connectivity index (χ1) is 15.3. The molecule has 32 heavy (non-hydrogen) atoms. The van der Waals surface area contributed by atoms with Gasteiger partial charge in [-0.05, 0) is 62.6 Å². The Balaban J connectivity index is 1.54. The largest absolute Gasteiger partial charge is 0.451 e. The number of benzene rings is 2. The summed E-state index contributed by atoms with van der Waals surface area (Å²) >= 11 is 0. The van der Waals surface area contributed by atoms with Crippen LogP contribution in [-0.2, 0) is 10.0 Å². The van der Waals surface area contributed by atoms with Gasteiger partial charge in [0.2, 0.25) is 10.0 Å². The van der Waals surface area contributed by atoms with Crippen molar-refractivity contribution in [3.05, 3.63) is 70.1 Å². The summed E-state index contributed by atoms with van der Waals surface area (Å²) in [5, 5.41) is 3.08. The van der Waals surface area contributed by atoms with Crippen molar-refractivity contribution in [3.63, 3.8) is 0 Å². The van der Waals surface area contributed by atoms with Gasteiger partial charge in [-0.2, -0.15) is 4.31 Å². The second-order valence-corrected chi connectivity index (χ2v) is 10.0. The van der Waals surface area contributed by atoms with E-state index in [0.29, 0.717) is 23.2 Å². The topological polar surface area (TPSA) is 96.7 Å². The molecule has 1 fully saturated rings. The first-order valence-electron chi connectivity index (χ1n) is 10.8. The molecule has 0 aliphatic carbocycles. The van der Waals surface area contributed by atoms with Crippen LogP contribution in [0.5, 0.6) is 0 Å². The van der Waals surface area contributed by atoms with E-state index in [1.54, 1.807) is 22.5 Å². The van der Waals surface area contributed by atoms with E-state index in [1.807, 2.05) is 13.8 Å². The van der Waals surface area contributed by atoms with Gasteiger partial charge in [-0.15, -0.1) is 0 Å². The Kier molecular flexibility index (Phi) is 6.17. The molecule has 168 valence electrons. The fourth-order valence-electron chi connectivity index (χ4n) is 4.12. The molecule has 7 nitrogen and oxygen atoms in total. The SMILES string of the molecule is CCC1CCCCN1S(=O)(=O)c1ccc(NC(=O)c2cc(=O)c3cc(C)ccc3o2)cc1. The summed E-state index contributed by atoms with van der Waals surface area (Å²) < 4.78 is 33.4. The summed E-state index contributed by atoms with van der Waals surface area (Å²) in [6.45, 7) is 4.40. The maximum absolute atomic E-state index is 13.1. The van der Waals surface area contributed by atoms with Crippen molar-refractivity contribution in [1.29, 1.82) is 0 Å². The molecule has 3 aromatic rings. The minimum atomic E-state index is -3.59. The first kappa shape index (κ1) is 22.2. The highest BCUT2D eigenvalue weighted by molar-refractivity contribution is 7.89. The van der Waals surface area contributed by atoms with Crippen LogP contribution in [0, 0.1) is 6.92 Å². The van der Waals surface area contributed by atoms with Crippen molar-refractivity contribution in [2.45, 2.75) is 50.5 Å². The van der Waals surface area contributed by atoms with E-state index in [2.05, 4.69) is 5.32 Å². The molecular weight excluding hydrogens is 428 g/mol. The molecule has 1 aliphatic rings. The van der Waals surface area contributed by atoms with Crippen LogP contribution in [0.15, 0.2) is 62.6 Å². The van der Waals surface area contributed by atoms with Crippen molar-refractivity contribution in [2.24, 2.45) is 0 Å². The van der Waals surface area contributed by atoms with E-state index < -0.39 is 15.9 Å². The highest BCUT2D eigenvalue weighted by atomic mass is 32.2. The standard InChI is InChI=1S/C24H26N2O5S/c1-3-18-6-4-5-13-26(18)32(29,30)19-10-8-17(9-11-19)25-24(28)23-15-21(27)20-14-16(2)7-12-22(20)31-23/h7-12,14-15,18H,3-6,13H2,1-2H3,(H,25,28). The fraction of sp³-hybridized carbons (Fsp3) is 0.333. The van der Waals surface area contributed by atoms with Crippen LogP contribution >= 0.6 is 0 Å². The minimum absolute atomic E-state index is 0.0210. The summed E-state index contributed by atoms with van der Waals surface area (Å²) in [6, 6.07) is 12.4. The number of sulfonamides is 1. The molecule has 1 aromatic heterocycles. The van der Waals surface area contributed by atoms with Crippen molar-refractivity contribution in [2.75, 3.05) is 11.9 Å². The second-order valence-electron chi connectivity index (χ2n) is 8.13. The molecule has 1 aliphatic heterocycles. The number of anilines is 1. The number of hydrogen-bond acceptors (Lipinski definition) is 5. The molecule has 2 heterocycles. The smallest absolute Gasteiger partial charge is 0.291 e. The van der Waals surface area contributed by atoms with E-state index in [-0.39, 0.29) is 22.1 Å². The molecule has 1 atom stereocenters. The van der Waals surface area contributed by atoms with Crippen LogP contribution in [0.4, 0.5) is 5.69 Å². The Morgan fingerprint density at radius 1 is 1.12 bits per heavy atom. The third-order valence-electron chi connectivity index (χ3n) is 5.87. The third-order valence-corrected chi connectivity index (χ3v) is 7.84. The van der Waals surface area contributed by atoms with E-state index >= 15 is 0 Å². The lowest BCUT2D eigenvalue weighted by Gasteiger charge is -2.34. The van der Waals surface area contributed by atoms with Crippen LogP contribution in [0.1, 0.15) is 48.7 Å². The van der Waals surface area contributed by atoms with Gasteiger partial charge >= 0.3 is 0 Å². The third kappa shape index (κ3) is 4.33. The number of amides is 1. The zero-order valence-corrected chi connectivity index (χ0v) is 18.9. The Morgan fingerprint density at radius 2 is 1.88 bits per heavy atom. The molecule has 0 bridgehead atoms. The maximum atomic E-state index is 13.1. The Morgan fingerprint density at radius 3 is 2.59 bits per heavy atom. The average molecular weight is 455 g/mol. The molecule has 2 aromatic carbocycles. The fourth-order valence-corrected chi connectivity index (χ4v) is 5.89. The lowest BCUT2D eigenvalue weighted by Crippen LogP contribution is -2.43. The molecule has 0 radical (unpaired) electrons. The van der Waals surface area contributed by atoms with Gasteiger partial charge < -0.3 is 9.73 Å². The monoisotopic (exact) mass is 454 g/mol. The normalized spacial score (nSPS) is 17.4. The molecule has 0 spiro atoms. The van der Waals surface area contributed by atoms with Gasteiger partial charge in [0.15, 0.2) is 11.2 Å². The highest BCUT2D eigenvalue weighted by Gasteiger charge is 2.32. The van der Waals surface area contributed by atoms with Crippen LogP contribution < -0.4 is 10.7 Å². The molecule has 1 amide bonds. The summed E-state index contributed by atoms with van der Waals surface area (Å²) in [7, 11) is -3.59. The number of carbonyl (C=O) groups is 1. The van der Waals surface area contributed by atoms with E-state index in [4.69, 9.17) is 4.42 Å². The minimum Gasteiger partial charge on any atom is -0.451 e. The van der Waals surface area contributed by atoms with Crippen LogP contribution in [0.3, 0.4) is 0 Å². The van der Waals surface area contributed by atoms with Crippen molar-refractivity contribution >= 4 is 32.6 Å². The number of nitrogens with zero attached hydrogens (tertiary/aromatic N) is 1. The summed E-state index contributed by atoms with van der Waals surface area (Å²) in [6.07, 6.45) is 3.56. The average Bonchev–Trinajstić information content (AvgIpc) is 2.79. The van der Waals surface area contributed by atoms with Gasteiger partial charge in [0.25, 0.3) is 5.91 Å². The Labute approximate surface area is 187 Å². The molecular formula is C24H26N2O5S. The van der Waals surface area contributed by atoms with Gasteiger partial charge in [-0.25, -0.2) is 8.42 Å². The molecule has 8 heteroatoms. The summed E-state index contributed by atoms with van der Waals surface area (Å²) in [5.74, 6) is -0.690. The zero-order chi connectivity index (χ0) is 22.9. The molecule has 4 rings (SSSR count). The van der Waals surface area contributed by atoms with E-state index in [9.17, 15) is 18.0 Å². The van der Waals surface area contributed by atoms with Crippen molar-refractivity contribution in [1.82, 2.24) is 4.31 Å². The predicted molar refractivity (Wildman–Crippen MR) is 123 cm³/mol. The number of aryl methyl sites for hydroxylation is 1. The predicted octanol–water partition coefficient (Wildman–Crippen LogP) is 4.31. The number of rotatable bonds is 5. The lowest BCUT2D eigenvalue weighted by atomic mass is 10.0. The van der Waals surface area contributed by atoms with Gasteiger partial charge in [-0.1, -0.05) is 25.0 Å². The van der Waals surface area contributed by atoms with Gasteiger partial charge in [0.05, 0.1) is 10.3 Å². The maximum Gasteiger partial charge on any atom is 0.291 e.